The molecule has 0 radical (unpaired) electrons. The van der Waals surface area contributed by atoms with Crippen LogP contribution in [0.2, 0.25) is 0 Å². The molecule has 2 aliphatic heterocycles. The van der Waals surface area contributed by atoms with Crippen LogP contribution in [0, 0.1) is 5.82 Å². The summed E-state index contributed by atoms with van der Waals surface area (Å²) in [5.41, 5.74) is 3.42. The number of fused-ring (bicyclic) bond motifs is 3. The van der Waals surface area contributed by atoms with Crippen molar-refractivity contribution in [2.24, 2.45) is 0 Å². The van der Waals surface area contributed by atoms with Crippen LogP contribution in [0.4, 0.5) is 35.5 Å². The molecule has 1 fully saturated rings. The zero-order valence-electron chi connectivity index (χ0n) is 18.9. The van der Waals surface area contributed by atoms with Gasteiger partial charge in [0, 0.05) is 24.6 Å². The van der Waals surface area contributed by atoms with Crippen LogP contribution in [-0.4, -0.2) is 57.3 Å². The minimum Gasteiger partial charge on any atom is -0.426 e. The van der Waals surface area contributed by atoms with Gasteiger partial charge in [-0.15, -0.1) is 0 Å². The van der Waals surface area contributed by atoms with Crippen LogP contribution in [0.5, 0.6) is 0 Å². The van der Waals surface area contributed by atoms with E-state index in [9.17, 15) is 35.5 Å². The summed E-state index contributed by atoms with van der Waals surface area (Å²) in [7, 11) is 0. The van der Waals surface area contributed by atoms with Crippen LogP contribution in [0.1, 0.15) is 61.0 Å². The summed E-state index contributed by atoms with van der Waals surface area (Å²) in [6.45, 7) is 3.84. The quantitative estimate of drug-likeness (QED) is 0.519. The minimum atomic E-state index is -5.76. The molecule has 0 saturated carbocycles. The smallest absolute Gasteiger partial charge is 0.426 e. The van der Waals surface area contributed by atoms with E-state index in [1.165, 1.54) is 6.07 Å². The van der Waals surface area contributed by atoms with Gasteiger partial charge < -0.3 is 9.64 Å². The lowest BCUT2D eigenvalue weighted by molar-refractivity contribution is -0.308. The van der Waals surface area contributed by atoms with E-state index in [4.69, 9.17) is 5.10 Å². The molecule has 2 aliphatic rings. The molecule has 0 spiro atoms. The Hall–Kier alpha value is -2.86. The number of nitrogens with zero attached hydrogens (tertiary/aromatic N) is 4. The summed E-state index contributed by atoms with van der Waals surface area (Å²) in [6, 6.07) is 1.42. The second-order valence-electron chi connectivity index (χ2n) is 9.06. The summed E-state index contributed by atoms with van der Waals surface area (Å²) in [4.78, 5) is 17.1. The number of hydrogen-bond donors (Lipinski definition) is 0. The number of pyridine rings is 1. The Morgan fingerprint density at radius 1 is 1.09 bits per heavy atom. The number of aromatic nitrogens is 3. The third kappa shape index (κ3) is 4.94. The topological polar surface area (TPSA) is 60.3 Å². The molecule has 35 heavy (non-hydrogen) atoms. The maximum Gasteiger partial charge on any atom is 0.434 e. The summed E-state index contributed by atoms with van der Waals surface area (Å²) < 4.78 is 95.5. The molecule has 4 heterocycles. The third-order valence-corrected chi connectivity index (χ3v) is 6.32. The highest BCUT2D eigenvalue weighted by Crippen LogP contribution is 2.39. The van der Waals surface area contributed by atoms with Crippen molar-refractivity contribution in [2.45, 2.75) is 69.8 Å². The Kier molecular flexibility index (Phi) is 6.47. The molecular weight excluding hydrogens is 485 g/mol. The second-order valence-corrected chi connectivity index (χ2v) is 9.06. The number of amides is 1. The lowest BCUT2D eigenvalue weighted by Gasteiger charge is -2.33. The van der Waals surface area contributed by atoms with Gasteiger partial charge in [0.05, 0.1) is 17.6 Å². The molecule has 1 saturated heterocycles. The van der Waals surface area contributed by atoms with Crippen LogP contribution in [-0.2, 0) is 17.6 Å². The molecule has 0 atom stereocenters. The van der Waals surface area contributed by atoms with Crippen molar-refractivity contribution in [3.05, 3.63) is 40.6 Å². The Balaban J connectivity index is 1.52. The number of likely N-dealkylation sites (tertiary alicyclic amines) is 1. The van der Waals surface area contributed by atoms with E-state index in [1.807, 2.05) is 13.8 Å². The first-order chi connectivity index (χ1) is 16.3. The number of carbonyl (C=O) groups is 1. The van der Waals surface area contributed by atoms with Gasteiger partial charge >= 0.3 is 18.4 Å². The number of halogens is 7. The number of carbonyl (C=O) groups excluding carboxylic acids is 1. The van der Waals surface area contributed by atoms with Crippen LogP contribution >= 0.6 is 0 Å². The van der Waals surface area contributed by atoms with Gasteiger partial charge in [0.25, 0.3) is 6.10 Å². The Morgan fingerprint density at radius 2 is 1.71 bits per heavy atom. The molecule has 2 aromatic heterocycles. The number of rotatable bonds is 3. The molecule has 4 rings (SSSR count). The van der Waals surface area contributed by atoms with Crippen molar-refractivity contribution in [3.63, 3.8) is 0 Å². The van der Waals surface area contributed by atoms with E-state index < -0.39 is 30.4 Å². The molecule has 0 aliphatic carbocycles. The number of ether oxygens (including phenoxy) is 1. The lowest BCUT2D eigenvalue weighted by Crippen LogP contribution is -2.49. The predicted octanol–water partition coefficient (Wildman–Crippen LogP) is 5.44. The lowest BCUT2D eigenvalue weighted by atomic mass is 9.86. The summed E-state index contributed by atoms with van der Waals surface area (Å²) >= 11 is 0. The van der Waals surface area contributed by atoms with E-state index in [2.05, 4.69) is 9.72 Å². The highest BCUT2D eigenvalue weighted by Gasteiger charge is 2.60. The first-order valence-corrected chi connectivity index (χ1v) is 11.1. The Labute approximate surface area is 196 Å². The monoisotopic (exact) mass is 508 g/mol. The van der Waals surface area contributed by atoms with Gasteiger partial charge in [0.15, 0.2) is 5.82 Å². The van der Waals surface area contributed by atoms with Crippen molar-refractivity contribution in [1.29, 1.82) is 0 Å². The molecule has 13 heteroatoms. The number of hydrogen-bond acceptors (Lipinski definition) is 4. The highest BCUT2D eigenvalue weighted by molar-refractivity contribution is 5.68. The standard InChI is InChI=1S/C22H23F7N4O2/c1-11(2)16-15-4-3-13-9-14(23)10-30-18(13)33(15)31-17(16)12-5-7-32(8-6-12)20(34)35-19(21(24,25)26)22(27,28)29/h9-12,19H,3-8H2,1-2H3. The van der Waals surface area contributed by atoms with E-state index in [1.54, 1.807) is 4.68 Å². The summed E-state index contributed by atoms with van der Waals surface area (Å²) in [6.07, 6.45) is -14.4. The van der Waals surface area contributed by atoms with Gasteiger partial charge in [-0.25, -0.2) is 18.9 Å². The molecule has 0 aromatic carbocycles. The predicted molar refractivity (Wildman–Crippen MR) is 109 cm³/mol. The van der Waals surface area contributed by atoms with Gasteiger partial charge in [-0.2, -0.15) is 31.4 Å². The van der Waals surface area contributed by atoms with Crippen molar-refractivity contribution in [3.8, 4) is 5.82 Å². The van der Waals surface area contributed by atoms with Crippen LogP contribution in [0.25, 0.3) is 5.82 Å². The number of aryl methyl sites for hydroxylation is 1. The van der Waals surface area contributed by atoms with Crippen molar-refractivity contribution < 1.29 is 40.3 Å². The average molecular weight is 508 g/mol. The fraction of sp³-hybridized carbons (Fsp3) is 0.591. The minimum absolute atomic E-state index is 0.0777. The third-order valence-electron chi connectivity index (χ3n) is 6.32. The SMILES string of the molecule is CC(C)c1c(C2CCN(C(=O)OC(C(F)(F)F)C(F)(F)F)CC2)nn2c1CCc1cc(F)cnc1-2. The fourth-order valence-electron chi connectivity index (χ4n) is 4.76. The molecule has 0 unspecified atom stereocenters. The zero-order valence-corrected chi connectivity index (χ0v) is 18.9. The highest BCUT2D eigenvalue weighted by atomic mass is 19.4. The fourth-order valence-corrected chi connectivity index (χ4v) is 4.76. The zero-order chi connectivity index (χ0) is 25.7. The largest absolute Gasteiger partial charge is 0.434 e. The first kappa shape index (κ1) is 25.2. The van der Waals surface area contributed by atoms with Gasteiger partial charge in [-0.3, -0.25) is 0 Å². The Bertz CT molecular complexity index is 1090. The first-order valence-electron chi connectivity index (χ1n) is 11.1. The maximum atomic E-state index is 13.6. The van der Waals surface area contributed by atoms with Crippen LogP contribution in [0.3, 0.4) is 0 Å². The van der Waals surface area contributed by atoms with Gasteiger partial charge in [-0.05, 0) is 43.2 Å². The molecule has 0 N–H and O–H groups in total. The van der Waals surface area contributed by atoms with E-state index in [0.29, 0.717) is 18.7 Å². The molecule has 2 aromatic rings. The van der Waals surface area contributed by atoms with E-state index in [0.717, 1.165) is 33.6 Å². The van der Waals surface area contributed by atoms with Crippen molar-refractivity contribution in [1.82, 2.24) is 19.7 Å². The molecular formula is C22H23F7N4O2. The van der Waals surface area contributed by atoms with Gasteiger partial charge in [-0.1, -0.05) is 13.8 Å². The Morgan fingerprint density at radius 3 is 2.29 bits per heavy atom. The number of piperidine rings is 1. The van der Waals surface area contributed by atoms with Gasteiger partial charge in [0.1, 0.15) is 5.82 Å². The maximum absolute atomic E-state index is 13.6. The van der Waals surface area contributed by atoms with Crippen LogP contribution < -0.4 is 0 Å². The molecule has 192 valence electrons. The normalized spacial score (nSPS) is 17.1. The van der Waals surface area contributed by atoms with Crippen molar-refractivity contribution >= 4 is 6.09 Å². The van der Waals surface area contributed by atoms with E-state index in [-0.39, 0.29) is 37.8 Å². The van der Waals surface area contributed by atoms with Crippen LogP contribution in [0.15, 0.2) is 12.3 Å². The molecule has 1 amide bonds. The average Bonchev–Trinajstić information content (AvgIpc) is 3.15. The second kappa shape index (κ2) is 8.98. The van der Waals surface area contributed by atoms with Gasteiger partial charge in [0.2, 0.25) is 0 Å². The van der Waals surface area contributed by atoms with Crippen molar-refractivity contribution in [2.75, 3.05) is 13.1 Å². The molecule has 0 bridgehead atoms. The summed E-state index contributed by atoms with van der Waals surface area (Å²) in [5, 5.41) is 4.75. The summed E-state index contributed by atoms with van der Waals surface area (Å²) in [5.74, 6) is 0.00547. The molecule has 6 nitrogen and oxygen atoms in total. The van der Waals surface area contributed by atoms with E-state index >= 15 is 0 Å². The number of alkyl halides is 6.